The molecule has 0 heterocycles. The maximum Gasteiger partial charge on any atom is 0.311 e. The van der Waals surface area contributed by atoms with Gasteiger partial charge in [0.2, 0.25) is 5.91 Å². The molecule has 142 valence electrons. The molecule has 0 aliphatic rings. The fourth-order valence-corrected chi connectivity index (χ4v) is 2.24. The molecule has 0 fully saturated rings. The molecule has 8 heteroatoms. The van der Waals surface area contributed by atoms with Crippen LogP contribution in [-0.4, -0.2) is 31.0 Å². The Hall–Kier alpha value is -3.42. The molecule has 27 heavy (non-hydrogen) atoms. The number of primary amides is 1. The number of carbonyl (C=O) groups excluding carboxylic acids is 3. The van der Waals surface area contributed by atoms with Crippen LogP contribution in [0.3, 0.4) is 0 Å². The minimum absolute atomic E-state index is 0.0715. The van der Waals surface area contributed by atoms with E-state index in [1.807, 2.05) is 0 Å². The standard InChI is InChI=1S/C19H19FN2O5/c1-11(19(25)22-14-6-4-13(5-7-14)18(21)24)27-17(23)10-12-3-8-16(26-2)15(20)9-12/h3-9,11H,10H2,1-2H3,(H2,21,24)(H,22,25)/t11-/m0/s1. The van der Waals surface area contributed by atoms with Crippen molar-refractivity contribution < 1.29 is 28.2 Å². The molecule has 0 bridgehead atoms. The van der Waals surface area contributed by atoms with Gasteiger partial charge in [-0.3, -0.25) is 14.4 Å². The minimum atomic E-state index is -1.06. The number of rotatable bonds is 7. The first kappa shape index (κ1) is 19.9. The van der Waals surface area contributed by atoms with E-state index in [1.165, 1.54) is 56.5 Å². The molecule has 0 unspecified atom stereocenters. The number of hydrogen-bond acceptors (Lipinski definition) is 5. The second-order valence-corrected chi connectivity index (χ2v) is 5.71. The lowest BCUT2D eigenvalue weighted by Crippen LogP contribution is -2.30. The van der Waals surface area contributed by atoms with E-state index in [1.54, 1.807) is 0 Å². The van der Waals surface area contributed by atoms with Gasteiger partial charge < -0.3 is 20.5 Å². The van der Waals surface area contributed by atoms with Crippen molar-refractivity contribution in [2.75, 3.05) is 12.4 Å². The number of methoxy groups -OCH3 is 1. The summed E-state index contributed by atoms with van der Waals surface area (Å²) in [4.78, 5) is 35.1. The van der Waals surface area contributed by atoms with Crippen LogP contribution >= 0.6 is 0 Å². The van der Waals surface area contributed by atoms with Crippen LogP contribution in [0.15, 0.2) is 42.5 Å². The first-order chi connectivity index (χ1) is 12.8. The fourth-order valence-electron chi connectivity index (χ4n) is 2.24. The Kier molecular flexibility index (Phi) is 6.48. The van der Waals surface area contributed by atoms with Crippen LogP contribution in [0.1, 0.15) is 22.8 Å². The van der Waals surface area contributed by atoms with Crippen LogP contribution in [0.25, 0.3) is 0 Å². The van der Waals surface area contributed by atoms with Gasteiger partial charge in [-0.05, 0) is 48.9 Å². The summed E-state index contributed by atoms with van der Waals surface area (Å²) in [7, 11) is 1.34. The highest BCUT2D eigenvalue weighted by Crippen LogP contribution is 2.18. The Labute approximate surface area is 155 Å². The van der Waals surface area contributed by atoms with Crippen LogP contribution in [0.5, 0.6) is 5.75 Å². The van der Waals surface area contributed by atoms with E-state index in [9.17, 15) is 18.8 Å². The Morgan fingerprint density at radius 2 is 1.81 bits per heavy atom. The highest BCUT2D eigenvalue weighted by Gasteiger charge is 2.18. The quantitative estimate of drug-likeness (QED) is 0.721. The van der Waals surface area contributed by atoms with Crippen LogP contribution < -0.4 is 15.8 Å². The predicted octanol–water partition coefficient (Wildman–Crippen LogP) is 2.05. The van der Waals surface area contributed by atoms with E-state index in [0.717, 1.165) is 0 Å². The number of nitrogens with two attached hydrogens (primary N) is 1. The number of halogens is 1. The van der Waals surface area contributed by atoms with Gasteiger partial charge in [-0.2, -0.15) is 0 Å². The lowest BCUT2D eigenvalue weighted by atomic mass is 10.1. The molecule has 2 aromatic carbocycles. The fraction of sp³-hybridized carbons (Fsp3) is 0.211. The number of carbonyl (C=O) groups is 3. The number of anilines is 1. The van der Waals surface area contributed by atoms with E-state index in [-0.39, 0.29) is 12.2 Å². The Morgan fingerprint density at radius 1 is 1.15 bits per heavy atom. The molecule has 2 rings (SSSR count). The van der Waals surface area contributed by atoms with Crippen LogP contribution in [0.4, 0.5) is 10.1 Å². The normalized spacial score (nSPS) is 11.4. The van der Waals surface area contributed by atoms with E-state index in [2.05, 4.69) is 5.32 Å². The lowest BCUT2D eigenvalue weighted by molar-refractivity contribution is -0.152. The summed E-state index contributed by atoms with van der Waals surface area (Å²) in [6, 6.07) is 10.1. The zero-order chi connectivity index (χ0) is 20.0. The first-order valence-corrected chi connectivity index (χ1v) is 8.02. The van der Waals surface area contributed by atoms with Gasteiger partial charge in [-0.25, -0.2) is 4.39 Å². The van der Waals surface area contributed by atoms with E-state index < -0.39 is 29.7 Å². The molecule has 1 atom stereocenters. The van der Waals surface area contributed by atoms with Gasteiger partial charge >= 0.3 is 5.97 Å². The molecule has 3 N–H and O–H groups in total. The van der Waals surface area contributed by atoms with Crippen molar-refractivity contribution in [1.29, 1.82) is 0 Å². The van der Waals surface area contributed by atoms with Gasteiger partial charge in [0.05, 0.1) is 13.5 Å². The van der Waals surface area contributed by atoms with E-state index in [4.69, 9.17) is 15.2 Å². The lowest BCUT2D eigenvalue weighted by Gasteiger charge is -2.14. The van der Waals surface area contributed by atoms with Crippen molar-refractivity contribution >= 4 is 23.5 Å². The van der Waals surface area contributed by atoms with Gasteiger partial charge in [0.1, 0.15) is 0 Å². The summed E-state index contributed by atoms with van der Waals surface area (Å²) in [6.07, 6.45) is -1.25. The first-order valence-electron chi connectivity index (χ1n) is 8.02. The third-order valence-corrected chi connectivity index (χ3v) is 3.68. The zero-order valence-electron chi connectivity index (χ0n) is 14.8. The Balaban J connectivity index is 1.90. The van der Waals surface area contributed by atoms with Gasteiger partial charge in [0, 0.05) is 11.3 Å². The number of amides is 2. The van der Waals surface area contributed by atoms with Crippen molar-refractivity contribution in [3.05, 3.63) is 59.4 Å². The summed E-state index contributed by atoms with van der Waals surface area (Å²) in [5.74, 6) is -2.32. The minimum Gasteiger partial charge on any atom is -0.494 e. The van der Waals surface area contributed by atoms with Crippen molar-refractivity contribution in [3.63, 3.8) is 0 Å². The average Bonchev–Trinajstić information content (AvgIpc) is 2.62. The van der Waals surface area contributed by atoms with Crippen molar-refractivity contribution in [3.8, 4) is 5.75 Å². The molecular weight excluding hydrogens is 355 g/mol. The maximum atomic E-state index is 13.6. The number of nitrogens with one attached hydrogen (secondary N) is 1. The third kappa shape index (κ3) is 5.53. The van der Waals surface area contributed by atoms with Crippen LogP contribution in [-0.2, 0) is 20.7 Å². The summed E-state index contributed by atoms with van der Waals surface area (Å²) in [5, 5.41) is 2.56. The summed E-state index contributed by atoms with van der Waals surface area (Å²) < 4.78 is 23.5. The maximum absolute atomic E-state index is 13.6. The highest BCUT2D eigenvalue weighted by molar-refractivity contribution is 5.96. The topological polar surface area (TPSA) is 108 Å². The second-order valence-electron chi connectivity index (χ2n) is 5.71. The molecule has 0 saturated heterocycles. The largest absolute Gasteiger partial charge is 0.494 e. The smallest absolute Gasteiger partial charge is 0.311 e. The highest BCUT2D eigenvalue weighted by atomic mass is 19.1. The SMILES string of the molecule is COc1ccc(CC(=O)O[C@@H](C)C(=O)Nc2ccc(C(N)=O)cc2)cc1F. The summed E-state index contributed by atoms with van der Waals surface area (Å²) in [5.41, 5.74) is 6.27. The Morgan fingerprint density at radius 3 is 2.37 bits per heavy atom. The molecule has 0 aliphatic heterocycles. The number of benzene rings is 2. The molecule has 2 aromatic rings. The molecule has 0 spiro atoms. The number of hydrogen-bond donors (Lipinski definition) is 2. The number of esters is 1. The number of ether oxygens (including phenoxy) is 2. The molecular formula is C19H19FN2O5. The molecule has 0 saturated carbocycles. The Bertz CT molecular complexity index is 852. The third-order valence-electron chi connectivity index (χ3n) is 3.68. The molecule has 7 nitrogen and oxygen atoms in total. The van der Waals surface area contributed by atoms with Gasteiger partial charge in [-0.1, -0.05) is 6.07 Å². The monoisotopic (exact) mass is 374 g/mol. The van der Waals surface area contributed by atoms with Crippen LogP contribution in [0.2, 0.25) is 0 Å². The molecule has 0 radical (unpaired) electrons. The molecule has 0 aliphatic carbocycles. The summed E-state index contributed by atoms with van der Waals surface area (Å²) >= 11 is 0. The van der Waals surface area contributed by atoms with Crippen molar-refractivity contribution in [1.82, 2.24) is 0 Å². The second kappa shape index (κ2) is 8.79. The summed E-state index contributed by atoms with van der Waals surface area (Å²) in [6.45, 7) is 1.42. The average molecular weight is 374 g/mol. The molecule has 0 aromatic heterocycles. The molecule has 2 amide bonds. The van der Waals surface area contributed by atoms with E-state index >= 15 is 0 Å². The zero-order valence-corrected chi connectivity index (χ0v) is 14.8. The van der Waals surface area contributed by atoms with Gasteiger partial charge in [-0.15, -0.1) is 0 Å². The van der Waals surface area contributed by atoms with Crippen molar-refractivity contribution in [2.24, 2.45) is 5.73 Å². The van der Waals surface area contributed by atoms with Crippen molar-refractivity contribution in [2.45, 2.75) is 19.4 Å². The van der Waals surface area contributed by atoms with Gasteiger partial charge in [0.15, 0.2) is 17.7 Å². The van der Waals surface area contributed by atoms with Crippen LogP contribution in [0, 0.1) is 5.82 Å². The predicted molar refractivity (Wildman–Crippen MR) is 95.8 cm³/mol. The van der Waals surface area contributed by atoms with E-state index in [0.29, 0.717) is 16.8 Å². The van der Waals surface area contributed by atoms with Gasteiger partial charge in [0.25, 0.3) is 5.91 Å².